The van der Waals surface area contributed by atoms with Gasteiger partial charge in [0.1, 0.15) is 0 Å². The van der Waals surface area contributed by atoms with Crippen molar-refractivity contribution in [1.82, 2.24) is 10.2 Å². The van der Waals surface area contributed by atoms with Crippen LogP contribution < -0.4 is 5.32 Å². The first-order chi connectivity index (χ1) is 9.54. The Hall–Kier alpha value is -1.10. The number of piperidine rings is 1. The molecular formula is C15H28N2O3. The largest absolute Gasteiger partial charge is 0.481 e. The van der Waals surface area contributed by atoms with Gasteiger partial charge in [-0.25, -0.2) is 0 Å². The van der Waals surface area contributed by atoms with Crippen LogP contribution in [0.5, 0.6) is 0 Å². The third kappa shape index (κ3) is 4.78. The van der Waals surface area contributed by atoms with E-state index in [1.807, 2.05) is 13.8 Å². The molecule has 0 atom stereocenters. The van der Waals surface area contributed by atoms with Crippen molar-refractivity contribution in [2.45, 2.75) is 52.4 Å². The number of amides is 1. The fourth-order valence-electron chi connectivity index (χ4n) is 2.78. The molecule has 1 fully saturated rings. The molecule has 1 aliphatic rings. The lowest BCUT2D eigenvalue weighted by Crippen LogP contribution is -2.40. The van der Waals surface area contributed by atoms with Crippen LogP contribution in [0.4, 0.5) is 0 Å². The summed E-state index contributed by atoms with van der Waals surface area (Å²) in [6.45, 7) is 7.36. The van der Waals surface area contributed by atoms with Gasteiger partial charge in [-0.2, -0.15) is 0 Å². The zero-order valence-corrected chi connectivity index (χ0v) is 12.8. The molecule has 1 amide bonds. The Labute approximate surface area is 121 Å². The summed E-state index contributed by atoms with van der Waals surface area (Å²) in [5, 5.41) is 12.2. The molecule has 0 aromatic rings. The lowest BCUT2D eigenvalue weighted by molar-refractivity contribution is -0.152. The van der Waals surface area contributed by atoms with Crippen molar-refractivity contribution in [2.75, 3.05) is 26.2 Å². The second-order valence-corrected chi connectivity index (χ2v) is 5.72. The van der Waals surface area contributed by atoms with Gasteiger partial charge in [0, 0.05) is 19.5 Å². The van der Waals surface area contributed by atoms with E-state index in [2.05, 4.69) is 10.2 Å². The van der Waals surface area contributed by atoms with E-state index < -0.39 is 11.4 Å². The average Bonchev–Trinajstić information content (AvgIpc) is 2.45. The molecule has 0 aromatic carbocycles. The minimum Gasteiger partial charge on any atom is -0.481 e. The third-order valence-electron chi connectivity index (χ3n) is 4.51. The number of likely N-dealkylation sites (tertiary alicyclic amines) is 1. The molecule has 2 N–H and O–H groups in total. The minimum atomic E-state index is -0.908. The van der Waals surface area contributed by atoms with Crippen LogP contribution in [0.15, 0.2) is 0 Å². The highest BCUT2D eigenvalue weighted by atomic mass is 16.4. The average molecular weight is 284 g/mol. The first kappa shape index (κ1) is 17.0. The maximum atomic E-state index is 11.9. The van der Waals surface area contributed by atoms with E-state index in [4.69, 9.17) is 0 Å². The highest BCUT2D eigenvalue weighted by Gasteiger charge is 2.36. The first-order valence-corrected chi connectivity index (χ1v) is 7.76. The standard InChI is InChI=1S/C15H28N2O3/c1-3-15(4-2,14(19)20)12-13(18)16-8-11-17-9-6-5-7-10-17/h3-12H2,1-2H3,(H,16,18)(H,19,20). The number of carbonyl (C=O) groups is 2. The number of nitrogens with zero attached hydrogens (tertiary/aromatic N) is 1. The normalized spacial score (nSPS) is 16.9. The monoisotopic (exact) mass is 284 g/mol. The van der Waals surface area contributed by atoms with Gasteiger partial charge < -0.3 is 15.3 Å². The molecule has 0 spiro atoms. The Morgan fingerprint density at radius 1 is 1.15 bits per heavy atom. The maximum Gasteiger partial charge on any atom is 0.310 e. The van der Waals surface area contributed by atoms with Gasteiger partial charge in [0.2, 0.25) is 5.91 Å². The molecule has 0 bridgehead atoms. The molecule has 20 heavy (non-hydrogen) atoms. The van der Waals surface area contributed by atoms with Crippen molar-refractivity contribution in [2.24, 2.45) is 5.41 Å². The summed E-state index contributed by atoms with van der Waals surface area (Å²) in [5.74, 6) is -1.01. The van der Waals surface area contributed by atoms with Crippen LogP contribution >= 0.6 is 0 Å². The van der Waals surface area contributed by atoms with Crippen LogP contribution in [-0.2, 0) is 9.59 Å². The van der Waals surface area contributed by atoms with Crippen molar-refractivity contribution in [3.63, 3.8) is 0 Å². The number of nitrogens with one attached hydrogen (secondary N) is 1. The zero-order chi connectivity index (χ0) is 15.0. The first-order valence-electron chi connectivity index (χ1n) is 7.76. The molecule has 5 nitrogen and oxygen atoms in total. The Bertz CT molecular complexity index is 321. The predicted octanol–water partition coefficient (Wildman–Crippen LogP) is 1.87. The summed E-state index contributed by atoms with van der Waals surface area (Å²) in [7, 11) is 0. The SMILES string of the molecule is CCC(CC)(CC(=O)NCCN1CCCCC1)C(=O)O. The van der Waals surface area contributed by atoms with Gasteiger partial charge in [-0.3, -0.25) is 9.59 Å². The molecule has 1 heterocycles. The van der Waals surface area contributed by atoms with Crippen LogP contribution in [0.3, 0.4) is 0 Å². The van der Waals surface area contributed by atoms with Gasteiger partial charge in [-0.05, 0) is 38.8 Å². The van der Waals surface area contributed by atoms with Crippen LogP contribution in [0.2, 0.25) is 0 Å². The molecule has 116 valence electrons. The summed E-state index contributed by atoms with van der Waals surface area (Å²) in [6, 6.07) is 0. The molecule has 5 heteroatoms. The van der Waals surface area contributed by atoms with Gasteiger partial charge in [-0.15, -0.1) is 0 Å². The lowest BCUT2D eigenvalue weighted by Gasteiger charge is -2.28. The Morgan fingerprint density at radius 2 is 1.75 bits per heavy atom. The summed E-state index contributed by atoms with van der Waals surface area (Å²) >= 11 is 0. The molecule has 0 radical (unpaired) electrons. The fourth-order valence-corrected chi connectivity index (χ4v) is 2.78. The van der Waals surface area contributed by atoms with Crippen LogP contribution in [-0.4, -0.2) is 48.1 Å². The summed E-state index contributed by atoms with van der Waals surface area (Å²) in [4.78, 5) is 25.6. The summed E-state index contributed by atoms with van der Waals surface area (Å²) in [5.41, 5.74) is -0.908. The maximum absolute atomic E-state index is 11.9. The van der Waals surface area contributed by atoms with E-state index in [0.29, 0.717) is 19.4 Å². The Kier molecular flexibility index (Phi) is 6.99. The second kappa shape index (κ2) is 8.25. The number of carboxylic acids is 1. The second-order valence-electron chi connectivity index (χ2n) is 5.72. The molecule has 0 saturated carbocycles. The van der Waals surface area contributed by atoms with Crippen LogP contribution in [0, 0.1) is 5.41 Å². The van der Waals surface area contributed by atoms with E-state index in [1.165, 1.54) is 19.3 Å². The van der Waals surface area contributed by atoms with Gasteiger partial charge in [-0.1, -0.05) is 20.3 Å². The molecule has 0 unspecified atom stereocenters. The molecular weight excluding hydrogens is 256 g/mol. The molecule has 0 aliphatic carbocycles. The van der Waals surface area contributed by atoms with Crippen LogP contribution in [0.25, 0.3) is 0 Å². The van der Waals surface area contributed by atoms with Gasteiger partial charge in [0.25, 0.3) is 0 Å². The van der Waals surface area contributed by atoms with Crippen molar-refractivity contribution in [3.8, 4) is 0 Å². The number of aliphatic carboxylic acids is 1. The fraction of sp³-hybridized carbons (Fsp3) is 0.867. The highest BCUT2D eigenvalue weighted by molar-refractivity contribution is 5.84. The van der Waals surface area contributed by atoms with E-state index >= 15 is 0 Å². The molecule has 1 rings (SSSR count). The predicted molar refractivity (Wildman–Crippen MR) is 78.6 cm³/mol. The van der Waals surface area contributed by atoms with E-state index in [9.17, 15) is 14.7 Å². The molecule has 1 aliphatic heterocycles. The number of rotatable bonds is 8. The van der Waals surface area contributed by atoms with Gasteiger partial charge >= 0.3 is 5.97 Å². The lowest BCUT2D eigenvalue weighted by atomic mass is 9.79. The summed E-state index contributed by atoms with van der Waals surface area (Å²) in [6.07, 6.45) is 4.83. The summed E-state index contributed by atoms with van der Waals surface area (Å²) < 4.78 is 0. The van der Waals surface area contributed by atoms with Crippen molar-refractivity contribution in [1.29, 1.82) is 0 Å². The van der Waals surface area contributed by atoms with E-state index in [1.54, 1.807) is 0 Å². The van der Waals surface area contributed by atoms with Gasteiger partial charge in [0.05, 0.1) is 5.41 Å². The topological polar surface area (TPSA) is 69.6 Å². The number of carboxylic acid groups (broad SMARTS) is 1. The van der Waals surface area contributed by atoms with Crippen molar-refractivity contribution < 1.29 is 14.7 Å². The quantitative estimate of drug-likeness (QED) is 0.714. The number of hydrogen-bond acceptors (Lipinski definition) is 3. The minimum absolute atomic E-state index is 0.0787. The smallest absolute Gasteiger partial charge is 0.310 e. The number of carbonyl (C=O) groups excluding carboxylic acids is 1. The highest BCUT2D eigenvalue weighted by Crippen LogP contribution is 2.30. The van der Waals surface area contributed by atoms with Crippen LogP contribution in [0.1, 0.15) is 52.4 Å². The van der Waals surface area contributed by atoms with Gasteiger partial charge in [0.15, 0.2) is 0 Å². The molecule has 0 aromatic heterocycles. The Morgan fingerprint density at radius 3 is 2.25 bits per heavy atom. The van der Waals surface area contributed by atoms with E-state index in [0.717, 1.165) is 19.6 Å². The Balaban J connectivity index is 2.32. The van der Waals surface area contributed by atoms with Crippen molar-refractivity contribution in [3.05, 3.63) is 0 Å². The zero-order valence-electron chi connectivity index (χ0n) is 12.8. The molecule has 1 saturated heterocycles. The third-order valence-corrected chi connectivity index (χ3v) is 4.51. The van der Waals surface area contributed by atoms with Crippen molar-refractivity contribution >= 4 is 11.9 Å². The van der Waals surface area contributed by atoms with E-state index in [-0.39, 0.29) is 12.3 Å². The number of hydrogen-bond donors (Lipinski definition) is 2.